The summed E-state index contributed by atoms with van der Waals surface area (Å²) in [5.74, 6) is -0.103. The van der Waals surface area contributed by atoms with Crippen LogP contribution in [0.15, 0.2) is 0 Å². The Bertz CT molecular complexity index is 186. The maximum Gasteiger partial charge on any atom is 0.305 e. The third-order valence-corrected chi connectivity index (χ3v) is 1.74. The monoisotopic (exact) mass is 251 g/mol. The minimum Gasteiger partial charge on any atom is -0.466 e. The number of carbonyl (C=O) groups excluding carboxylic acids is 2. The molecule has 0 radical (unpaired) electrons. The molecule has 0 aromatic heterocycles. The quantitative estimate of drug-likeness (QED) is 0.430. The van der Waals surface area contributed by atoms with Gasteiger partial charge < -0.3 is 14.9 Å². The molecule has 0 aliphatic heterocycles. The molecule has 0 unspecified atom stereocenters. The van der Waals surface area contributed by atoms with Crippen LogP contribution in [0, 0.1) is 5.41 Å². The summed E-state index contributed by atoms with van der Waals surface area (Å²) in [7, 11) is 0. The molecule has 0 aliphatic carbocycles. The average molecular weight is 252 g/mol. The summed E-state index contributed by atoms with van der Waals surface area (Å²) in [6, 6.07) is 0. The van der Waals surface area contributed by atoms with Gasteiger partial charge in [-0.1, -0.05) is 6.42 Å². The number of hydrogen-bond donors (Lipinski definition) is 1. The second-order valence-electron chi connectivity index (χ2n) is 3.15. The van der Waals surface area contributed by atoms with Gasteiger partial charge in [0.2, 0.25) is 0 Å². The van der Waals surface area contributed by atoms with Crippen LogP contribution in [0.2, 0.25) is 0 Å². The third kappa shape index (κ3) is 18.8. The molecule has 0 rings (SSSR count). The molecule has 0 spiro atoms. The van der Waals surface area contributed by atoms with Crippen LogP contribution >= 0.6 is 12.4 Å². The summed E-state index contributed by atoms with van der Waals surface area (Å²) in [6.07, 6.45) is 4.27. The summed E-state index contributed by atoms with van der Waals surface area (Å²) < 4.78 is 4.79. The molecule has 0 aromatic carbocycles. The molecule has 4 nitrogen and oxygen atoms in total. The second kappa shape index (κ2) is 16.5. The Kier molecular flexibility index (Phi) is 21.2. The number of hydrogen-bond acceptors (Lipinski definition) is 4. The van der Waals surface area contributed by atoms with Gasteiger partial charge in [0, 0.05) is 12.1 Å². The van der Waals surface area contributed by atoms with Crippen LogP contribution in [-0.2, 0) is 14.3 Å². The Morgan fingerprint density at radius 3 is 2.12 bits per heavy atom. The van der Waals surface area contributed by atoms with Crippen LogP contribution in [0.3, 0.4) is 0 Å². The van der Waals surface area contributed by atoms with E-state index in [9.17, 15) is 4.79 Å². The molecule has 0 saturated heterocycles. The highest BCUT2D eigenvalue weighted by Gasteiger charge is 2.00. The van der Waals surface area contributed by atoms with Crippen LogP contribution in [0.1, 0.15) is 46.0 Å². The summed E-state index contributed by atoms with van der Waals surface area (Å²) in [5, 5.41) is 7.19. The summed E-state index contributed by atoms with van der Waals surface area (Å²) in [5.41, 5.74) is 0.719. The fourth-order valence-electron chi connectivity index (χ4n) is 1.07. The number of unbranched alkanes of at least 4 members (excludes halogenated alkanes) is 2. The molecule has 0 fully saturated rings. The smallest absolute Gasteiger partial charge is 0.305 e. The van der Waals surface area contributed by atoms with E-state index in [-0.39, 0.29) is 18.4 Å². The lowest BCUT2D eigenvalue weighted by atomic mass is 10.1. The van der Waals surface area contributed by atoms with Gasteiger partial charge in [-0.25, -0.2) is 0 Å². The van der Waals surface area contributed by atoms with Crippen molar-refractivity contribution in [2.45, 2.75) is 46.0 Å². The Morgan fingerprint density at radius 2 is 1.69 bits per heavy atom. The highest BCUT2D eigenvalue weighted by atomic mass is 35.5. The first-order valence-corrected chi connectivity index (χ1v) is 5.15. The lowest BCUT2D eigenvalue weighted by molar-refractivity contribution is -0.143. The van der Waals surface area contributed by atoms with Crippen molar-refractivity contribution in [1.29, 1.82) is 5.41 Å². The zero-order chi connectivity index (χ0) is 12.1. The standard InChI is InChI=1S/C10H19NO2.CH2O.ClH/c1-3-13-10(12)8-6-4-5-7-9(2)11;1-2;/h11H,3-8H2,1-2H3;1H2;1H. The fraction of sp³-hybridized carbons (Fsp3) is 0.727. The summed E-state index contributed by atoms with van der Waals surface area (Å²) >= 11 is 0. The number of nitrogens with one attached hydrogen (secondary N) is 1. The Balaban J connectivity index is -0.000000529. The Hall–Kier alpha value is -0.900. The van der Waals surface area contributed by atoms with E-state index < -0.39 is 0 Å². The highest BCUT2D eigenvalue weighted by Crippen LogP contribution is 2.04. The lowest BCUT2D eigenvalue weighted by Gasteiger charge is -2.01. The van der Waals surface area contributed by atoms with Crippen molar-refractivity contribution in [1.82, 2.24) is 0 Å². The average Bonchev–Trinajstić information content (AvgIpc) is 2.20. The molecular weight excluding hydrogens is 230 g/mol. The van der Waals surface area contributed by atoms with Crippen LogP contribution in [0.5, 0.6) is 0 Å². The van der Waals surface area contributed by atoms with Crippen molar-refractivity contribution in [2.75, 3.05) is 6.61 Å². The predicted octanol–water partition coefficient (Wildman–Crippen LogP) is 2.78. The number of halogens is 1. The maximum absolute atomic E-state index is 10.9. The molecule has 0 saturated carbocycles. The van der Waals surface area contributed by atoms with Gasteiger partial charge in [0.25, 0.3) is 0 Å². The van der Waals surface area contributed by atoms with Gasteiger partial charge in [-0.15, -0.1) is 12.4 Å². The number of esters is 1. The van der Waals surface area contributed by atoms with Gasteiger partial charge >= 0.3 is 5.97 Å². The molecule has 1 N–H and O–H groups in total. The van der Waals surface area contributed by atoms with E-state index in [2.05, 4.69) is 0 Å². The minimum absolute atomic E-state index is 0. The van der Waals surface area contributed by atoms with Crippen molar-refractivity contribution in [3.63, 3.8) is 0 Å². The minimum atomic E-state index is -0.103. The molecule has 96 valence electrons. The molecule has 0 heterocycles. The van der Waals surface area contributed by atoms with E-state index in [0.717, 1.165) is 31.4 Å². The first kappa shape index (κ1) is 20.5. The van der Waals surface area contributed by atoms with Crippen LogP contribution < -0.4 is 0 Å². The fourth-order valence-corrected chi connectivity index (χ4v) is 1.07. The molecule has 16 heavy (non-hydrogen) atoms. The molecular formula is C11H22ClNO3. The van der Waals surface area contributed by atoms with Crippen LogP contribution in [-0.4, -0.2) is 25.1 Å². The number of rotatable bonds is 7. The molecule has 0 aromatic rings. The SMILES string of the molecule is C=O.CCOC(=O)CCCCCC(C)=N.Cl. The van der Waals surface area contributed by atoms with Gasteiger partial charge in [-0.2, -0.15) is 0 Å². The van der Waals surface area contributed by atoms with E-state index in [1.54, 1.807) is 0 Å². The van der Waals surface area contributed by atoms with E-state index >= 15 is 0 Å². The predicted molar refractivity (Wildman–Crippen MR) is 67.5 cm³/mol. The first-order chi connectivity index (χ1) is 7.16. The van der Waals surface area contributed by atoms with E-state index in [1.807, 2.05) is 20.6 Å². The topological polar surface area (TPSA) is 67.2 Å². The van der Waals surface area contributed by atoms with Crippen molar-refractivity contribution in [3.8, 4) is 0 Å². The zero-order valence-corrected chi connectivity index (χ0v) is 10.9. The summed E-state index contributed by atoms with van der Waals surface area (Å²) in [4.78, 5) is 18.9. The van der Waals surface area contributed by atoms with E-state index in [1.165, 1.54) is 0 Å². The van der Waals surface area contributed by atoms with Crippen molar-refractivity contribution >= 4 is 30.9 Å². The number of ether oxygens (including phenoxy) is 1. The first-order valence-electron chi connectivity index (χ1n) is 5.15. The normalized spacial score (nSPS) is 8.12. The van der Waals surface area contributed by atoms with Gasteiger partial charge in [0.1, 0.15) is 6.79 Å². The molecule has 0 bridgehead atoms. The Labute approximate surface area is 104 Å². The Morgan fingerprint density at radius 1 is 1.19 bits per heavy atom. The second-order valence-corrected chi connectivity index (χ2v) is 3.15. The molecule has 0 aliphatic rings. The largest absolute Gasteiger partial charge is 0.466 e. The van der Waals surface area contributed by atoms with Gasteiger partial charge in [0.15, 0.2) is 0 Å². The molecule has 0 amide bonds. The van der Waals surface area contributed by atoms with Crippen molar-refractivity contribution < 1.29 is 14.3 Å². The maximum atomic E-state index is 10.9. The summed E-state index contributed by atoms with van der Waals surface area (Å²) in [6.45, 7) is 6.10. The van der Waals surface area contributed by atoms with Gasteiger partial charge in [0.05, 0.1) is 6.61 Å². The van der Waals surface area contributed by atoms with Crippen LogP contribution in [0.25, 0.3) is 0 Å². The lowest BCUT2D eigenvalue weighted by Crippen LogP contribution is -2.03. The van der Waals surface area contributed by atoms with Crippen molar-refractivity contribution in [2.24, 2.45) is 0 Å². The van der Waals surface area contributed by atoms with E-state index in [4.69, 9.17) is 14.9 Å². The van der Waals surface area contributed by atoms with Crippen LogP contribution in [0.4, 0.5) is 0 Å². The molecule has 0 atom stereocenters. The molecule has 5 heteroatoms. The third-order valence-electron chi connectivity index (χ3n) is 1.74. The van der Waals surface area contributed by atoms with E-state index in [0.29, 0.717) is 13.0 Å². The number of carbonyl (C=O) groups is 2. The van der Waals surface area contributed by atoms with Gasteiger partial charge in [-0.05, 0) is 33.1 Å². The van der Waals surface area contributed by atoms with Gasteiger partial charge in [-0.3, -0.25) is 4.79 Å². The highest BCUT2D eigenvalue weighted by molar-refractivity contribution is 5.85. The zero-order valence-electron chi connectivity index (χ0n) is 10.1. The van der Waals surface area contributed by atoms with Crippen molar-refractivity contribution in [3.05, 3.63) is 0 Å².